The van der Waals surface area contributed by atoms with Gasteiger partial charge in [0.25, 0.3) is 0 Å². The van der Waals surface area contributed by atoms with Crippen molar-refractivity contribution < 1.29 is 43.3 Å². The summed E-state index contributed by atoms with van der Waals surface area (Å²) < 4.78 is 15.8. The fourth-order valence-corrected chi connectivity index (χ4v) is 2.52. The summed E-state index contributed by atoms with van der Waals surface area (Å²) in [6.45, 7) is 15.0. The fourth-order valence-electron chi connectivity index (χ4n) is 2.52. The predicted octanol–water partition coefficient (Wildman–Crippen LogP) is 2.69. The van der Waals surface area contributed by atoms with Crippen molar-refractivity contribution in [3.8, 4) is 0 Å². The minimum Gasteiger partial charge on any atom is -0.481 e. The molecule has 0 rings (SSSR count). The summed E-state index contributed by atoms with van der Waals surface area (Å²) in [5, 5.41) is 13.7. The van der Waals surface area contributed by atoms with E-state index >= 15 is 0 Å². The van der Waals surface area contributed by atoms with Crippen molar-refractivity contribution in [2.24, 2.45) is 0 Å². The van der Waals surface area contributed by atoms with Crippen molar-refractivity contribution >= 4 is 29.9 Å². The van der Waals surface area contributed by atoms with Gasteiger partial charge in [0.1, 0.15) is 28.9 Å². The zero-order valence-corrected chi connectivity index (χ0v) is 21.7. The molecule has 0 spiro atoms. The number of hydrogen-bond acceptors (Lipinski definition) is 8. The molecule has 0 bridgehead atoms. The zero-order chi connectivity index (χ0) is 26.9. The van der Waals surface area contributed by atoms with Crippen LogP contribution in [0.3, 0.4) is 0 Å². The SMILES string of the molecule is CC(C)(C)OC(=O)CC[C@@H](NC(=O)N[C@H](CCC(=O)O)C(=O)OC(C)(C)C)C(=O)OC(C)(C)C. The van der Waals surface area contributed by atoms with E-state index in [0.717, 1.165) is 0 Å². The molecular formula is C23H40N2O9. The second-order valence-corrected chi connectivity index (χ2v) is 10.8. The van der Waals surface area contributed by atoms with E-state index in [4.69, 9.17) is 19.3 Å². The summed E-state index contributed by atoms with van der Waals surface area (Å²) >= 11 is 0. The molecule has 3 N–H and O–H groups in total. The average Bonchev–Trinajstić information content (AvgIpc) is 2.57. The molecule has 0 unspecified atom stereocenters. The molecule has 2 atom stereocenters. The van der Waals surface area contributed by atoms with Crippen LogP contribution >= 0.6 is 0 Å². The zero-order valence-electron chi connectivity index (χ0n) is 21.7. The highest BCUT2D eigenvalue weighted by atomic mass is 16.6. The van der Waals surface area contributed by atoms with Crippen LogP contribution in [-0.2, 0) is 33.4 Å². The molecule has 11 heteroatoms. The summed E-state index contributed by atoms with van der Waals surface area (Å²) in [4.78, 5) is 60.7. The van der Waals surface area contributed by atoms with E-state index in [1.165, 1.54) is 0 Å². The molecule has 11 nitrogen and oxygen atoms in total. The van der Waals surface area contributed by atoms with Crippen molar-refractivity contribution in [1.29, 1.82) is 0 Å². The Labute approximate surface area is 201 Å². The molecule has 0 aromatic carbocycles. The molecule has 0 aromatic rings. The van der Waals surface area contributed by atoms with Crippen molar-refractivity contribution in [2.75, 3.05) is 0 Å². The van der Waals surface area contributed by atoms with Gasteiger partial charge in [-0.15, -0.1) is 0 Å². The number of carboxylic acid groups (broad SMARTS) is 1. The van der Waals surface area contributed by atoms with E-state index < -0.39 is 65.2 Å². The van der Waals surface area contributed by atoms with Crippen LogP contribution in [-0.4, -0.2) is 63.9 Å². The molecule has 0 aliphatic heterocycles. The maximum absolute atomic E-state index is 12.6. The summed E-state index contributed by atoms with van der Waals surface area (Å²) in [5.41, 5.74) is -2.42. The molecule has 0 aliphatic rings. The smallest absolute Gasteiger partial charge is 0.329 e. The maximum Gasteiger partial charge on any atom is 0.329 e. The quantitative estimate of drug-likeness (QED) is 0.310. The third-order valence-electron chi connectivity index (χ3n) is 3.70. The molecule has 0 radical (unpaired) electrons. The molecule has 0 saturated heterocycles. The summed E-state index contributed by atoms with van der Waals surface area (Å²) in [5.74, 6) is -3.30. The number of esters is 3. The van der Waals surface area contributed by atoms with Gasteiger partial charge in [-0.1, -0.05) is 0 Å². The van der Waals surface area contributed by atoms with Crippen LogP contribution in [0.4, 0.5) is 4.79 Å². The lowest BCUT2D eigenvalue weighted by atomic mass is 10.1. The lowest BCUT2D eigenvalue weighted by Gasteiger charge is -2.27. The largest absolute Gasteiger partial charge is 0.481 e. The van der Waals surface area contributed by atoms with Gasteiger partial charge < -0.3 is 30.0 Å². The van der Waals surface area contributed by atoms with Gasteiger partial charge in [0.2, 0.25) is 0 Å². The normalized spacial score (nSPS) is 13.8. The third kappa shape index (κ3) is 15.9. The topological polar surface area (TPSA) is 157 Å². The Balaban J connectivity index is 5.43. The number of ether oxygens (including phenoxy) is 3. The number of rotatable bonds is 10. The number of amides is 2. The number of hydrogen-bond donors (Lipinski definition) is 3. The van der Waals surface area contributed by atoms with Gasteiger partial charge in [0, 0.05) is 12.8 Å². The van der Waals surface area contributed by atoms with Crippen LogP contribution in [0, 0.1) is 0 Å². The molecule has 34 heavy (non-hydrogen) atoms. The predicted molar refractivity (Wildman–Crippen MR) is 123 cm³/mol. The molecule has 0 fully saturated rings. The highest BCUT2D eigenvalue weighted by Crippen LogP contribution is 2.14. The van der Waals surface area contributed by atoms with Gasteiger partial charge >= 0.3 is 29.9 Å². The van der Waals surface area contributed by atoms with Crippen molar-refractivity contribution in [3.63, 3.8) is 0 Å². The second-order valence-electron chi connectivity index (χ2n) is 10.8. The lowest BCUT2D eigenvalue weighted by Crippen LogP contribution is -2.53. The average molecular weight is 489 g/mol. The number of carbonyl (C=O) groups excluding carboxylic acids is 4. The van der Waals surface area contributed by atoms with Gasteiger partial charge in [0.05, 0.1) is 0 Å². The summed E-state index contributed by atoms with van der Waals surface area (Å²) in [6.07, 6.45) is -0.884. The van der Waals surface area contributed by atoms with E-state index in [9.17, 15) is 24.0 Å². The number of carbonyl (C=O) groups is 5. The highest BCUT2D eigenvalue weighted by Gasteiger charge is 2.31. The van der Waals surface area contributed by atoms with E-state index in [-0.39, 0.29) is 19.3 Å². The van der Waals surface area contributed by atoms with Crippen molar-refractivity contribution in [2.45, 2.75) is 117 Å². The first kappa shape index (κ1) is 31.1. The Hall–Kier alpha value is -2.85. The second kappa shape index (κ2) is 12.6. The van der Waals surface area contributed by atoms with Crippen molar-refractivity contribution in [1.82, 2.24) is 10.6 Å². The first-order chi connectivity index (χ1) is 15.2. The van der Waals surface area contributed by atoms with Gasteiger partial charge in [-0.3, -0.25) is 9.59 Å². The molecule has 2 amide bonds. The lowest BCUT2D eigenvalue weighted by molar-refractivity contribution is -0.159. The van der Waals surface area contributed by atoms with Crippen LogP contribution < -0.4 is 10.6 Å². The van der Waals surface area contributed by atoms with E-state index in [1.807, 2.05) is 0 Å². The summed E-state index contributed by atoms with van der Waals surface area (Å²) in [6, 6.07) is -3.40. The summed E-state index contributed by atoms with van der Waals surface area (Å²) in [7, 11) is 0. The minimum absolute atomic E-state index is 0.108. The molecule has 0 saturated carbocycles. The van der Waals surface area contributed by atoms with Crippen molar-refractivity contribution in [3.05, 3.63) is 0 Å². The van der Waals surface area contributed by atoms with Gasteiger partial charge in [-0.2, -0.15) is 0 Å². The monoisotopic (exact) mass is 488 g/mol. The molecule has 0 aromatic heterocycles. The van der Waals surface area contributed by atoms with Crippen LogP contribution in [0.5, 0.6) is 0 Å². The van der Waals surface area contributed by atoms with Crippen LogP contribution in [0.2, 0.25) is 0 Å². The highest BCUT2D eigenvalue weighted by molar-refractivity contribution is 5.88. The third-order valence-corrected chi connectivity index (χ3v) is 3.70. The molecule has 0 aliphatic carbocycles. The Kier molecular flexibility index (Phi) is 11.5. The Bertz CT molecular complexity index is 743. The first-order valence-electron chi connectivity index (χ1n) is 11.1. The fraction of sp³-hybridized carbons (Fsp3) is 0.783. The van der Waals surface area contributed by atoms with Gasteiger partial charge in [-0.25, -0.2) is 14.4 Å². The van der Waals surface area contributed by atoms with Gasteiger partial charge in [-0.05, 0) is 75.2 Å². The van der Waals surface area contributed by atoms with Gasteiger partial charge in [0.15, 0.2) is 0 Å². The maximum atomic E-state index is 12.6. The standard InChI is InChI=1S/C23H40N2O9/c1-21(2,3)32-17(28)13-11-15(19(30)34-23(7,8)9)25-20(31)24-14(10-12-16(26)27)18(29)33-22(4,5)6/h14-15H,10-13H2,1-9H3,(H,26,27)(H2,24,25,31)/t14-,15-/m1/s1. The van der Waals surface area contributed by atoms with E-state index in [0.29, 0.717) is 0 Å². The number of carboxylic acids is 1. The Morgan fingerprint density at radius 2 is 1.00 bits per heavy atom. The number of aliphatic carboxylic acids is 1. The Morgan fingerprint density at radius 3 is 1.32 bits per heavy atom. The number of urea groups is 1. The van der Waals surface area contributed by atoms with E-state index in [1.54, 1.807) is 62.3 Å². The molecule has 196 valence electrons. The Morgan fingerprint density at radius 1 is 0.647 bits per heavy atom. The van der Waals surface area contributed by atoms with E-state index in [2.05, 4.69) is 10.6 Å². The first-order valence-corrected chi connectivity index (χ1v) is 11.1. The van der Waals surface area contributed by atoms with Crippen LogP contribution in [0.15, 0.2) is 0 Å². The van der Waals surface area contributed by atoms with Crippen LogP contribution in [0.25, 0.3) is 0 Å². The minimum atomic E-state index is -1.26. The van der Waals surface area contributed by atoms with Crippen LogP contribution in [0.1, 0.15) is 88.0 Å². The molecular weight excluding hydrogens is 448 g/mol. The molecule has 0 heterocycles. The number of nitrogens with one attached hydrogen (secondary N) is 2.